The van der Waals surface area contributed by atoms with Gasteiger partial charge >= 0.3 is 6.18 Å². The van der Waals surface area contributed by atoms with Crippen LogP contribution in [0.25, 0.3) is 0 Å². The zero-order chi connectivity index (χ0) is 18.0. The van der Waals surface area contributed by atoms with Gasteiger partial charge in [-0.1, -0.05) is 42.4 Å². The second-order valence-electron chi connectivity index (χ2n) is 5.33. The molecule has 24 heavy (non-hydrogen) atoms. The molecule has 0 unspecified atom stereocenters. The van der Waals surface area contributed by atoms with Crippen LogP contribution in [0.5, 0.6) is 0 Å². The van der Waals surface area contributed by atoms with Gasteiger partial charge in [0.15, 0.2) is 0 Å². The minimum absolute atomic E-state index is 0.0927. The lowest BCUT2D eigenvalue weighted by Gasteiger charge is -2.31. The predicted molar refractivity (Wildman–Crippen MR) is 79.3 cm³/mol. The molecular formula is C16H17F3N2O3. The average Bonchev–Trinajstić information content (AvgIpc) is 2.93. The maximum absolute atomic E-state index is 13.4. The fraction of sp³-hybridized carbons (Fsp3) is 0.375. The molecule has 0 spiro atoms. The molecule has 1 aromatic carbocycles. The van der Waals surface area contributed by atoms with E-state index in [4.69, 9.17) is 4.52 Å². The number of aromatic nitrogens is 1. The molecule has 2 N–H and O–H groups in total. The minimum Gasteiger partial charge on any atom is -0.375 e. The smallest absolute Gasteiger partial charge is 0.375 e. The van der Waals surface area contributed by atoms with Crippen molar-refractivity contribution in [1.29, 1.82) is 0 Å². The Bertz CT molecular complexity index is 713. The number of aryl methyl sites for hydroxylation is 2. The lowest BCUT2D eigenvalue weighted by molar-refractivity contribution is -0.263. The van der Waals surface area contributed by atoms with E-state index in [1.165, 1.54) is 25.1 Å². The van der Waals surface area contributed by atoms with Crippen LogP contribution in [0.3, 0.4) is 0 Å². The van der Waals surface area contributed by atoms with Gasteiger partial charge in [0, 0.05) is 6.42 Å². The van der Waals surface area contributed by atoms with Gasteiger partial charge in [0.1, 0.15) is 11.3 Å². The normalized spacial score (nSPS) is 14.2. The molecule has 1 atom stereocenters. The SMILES string of the molecule is CCc1onc(C)c1C(=O)NC[C@](O)(c1ccccc1)C(F)(F)F. The summed E-state index contributed by atoms with van der Waals surface area (Å²) in [6.45, 7) is 2.23. The largest absolute Gasteiger partial charge is 0.423 e. The van der Waals surface area contributed by atoms with Gasteiger partial charge in [-0.3, -0.25) is 4.79 Å². The van der Waals surface area contributed by atoms with Gasteiger partial charge < -0.3 is 14.9 Å². The fourth-order valence-corrected chi connectivity index (χ4v) is 2.33. The number of nitrogens with one attached hydrogen (secondary N) is 1. The van der Waals surface area contributed by atoms with Crippen molar-refractivity contribution >= 4 is 5.91 Å². The molecule has 0 aliphatic heterocycles. The summed E-state index contributed by atoms with van der Waals surface area (Å²) in [5.41, 5.74) is -3.17. The van der Waals surface area contributed by atoms with E-state index in [-0.39, 0.29) is 22.6 Å². The molecule has 2 aromatic rings. The first kappa shape index (κ1) is 18.0. The van der Waals surface area contributed by atoms with Crippen molar-refractivity contribution in [3.8, 4) is 0 Å². The first-order chi connectivity index (χ1) is 11.2. The Morgan fingerprint density at radius 3 is 2.46 bits per heavy atom. The number of carbonyl (C=O) groups is 1. The van der Waals surface area contributed by atoms with E-state index in [1.54, 1.807) is 6.92 Å². The molecule has 0 fully saturated rings. The Balaban J connectivity index is 2.26. The van der Waals surface area contributed by atoms with E-state index < -0.39 is 24.2 Å². The maximum atomic E-state index is 13.4. The Hall–Kier alpha value is -2.35. The van der Waals surface area contributed by atoms with E-state index in [9.17, 15) is 23.1 Å². The van der Waals surface area contributed by atoms with Crippen LogP contribution in [0, 0.1) is 6.92 Å². The zero-order valence-electron chi connectivity index (χ0n) is 13.1. The Morgan fingerprint density at radius 2 is 1.92 bits per heavy atom. The molecule has 2 rings (SSSR count). The first-order valence-electron chi connectivity index (χ1n) is 7.28. The highest BCUT2D eigenvalue weighted by atomic mass is 19.4. The average molecular weight is 342 g/mol. The van der Waals surface area contributed by atoms with E-state index in [1.807, 2.05) is 0 Å². The van der Waals surface area contributed by atoms with E-state index in [0.717, 1.165) is 12.1 Å². The van der Waals surface area contributed by atoms with Crippen molar-refractivity contribution in [2.75, 3.05) is 6.54 Å². The van der Waals surface area contributed by atoms with E-state index in [0.29, 0.717) is 6.42 Å². The van der Waals surface area contributed by atoms with Crippen molar-refractivity contribution < 1.29 is 27.6 Å². The topological polar surface area (TPSA) is 75.4 Å². The molecule has 5 nitrogen and oxygen atoms in total. The predicted octanol–water partition coefficient (Wildman–Crippen LogP) is 2.73. The summed E-state index contributed by atoms with van der Waals surface area (Å²) in [7, 11) is 0. The summed E-state index contributed by atoms with van der Waals surface area (Å²) in [5, 5.41) is 16.0. The van der Waals surface area contributed by atoms with Crippen LogP contribution < -0.4 is 5.32 Å². The Labute approximate surface area is 136 Å². The number of hydrogen-bond acceptors (Lipinski definition) is 4. The van der Waals surface area contributed by atoms with Crippen LogP contribution in [-0.4, -0.2) is 28.9 Å². The fourth-order valence-electron chi connectivity index (χ4n) is 2.33. The second kappa shape index (κ2) is 6.64. The van der Waals surface area contributed by atoms with Gasteiger partial charge in [-0.15, -0.1) is 0 Å². The molecule has 0 bridgehead atoms. The van der Waals surface area contributed by atoms with Gasteiger partial charge in [0.05, 0.1) is 12.2 Å². The van der Waals surface area contributed by atoms with Crippen molar-refractivity contribution in [1.82, 2.24) is 10.5 Å². The summed E-state index contributed by atoms with van der Waals surface area (Å²) < 4.78 is 45.1. The van der Waals surface area contributed by atoms with E-state index in [2.05, 4.69) is 10.5 Å². The highest BCUT2D eigenvalue weighted by Gasteiger charge is 2.55. The van der Waals surface area contributed by atoms with Crippen molar-refractivity contribution in [3.05, 3.63) is 52.9 Å². The summed E-state index contributed by atoms with van der Waals surface area (Å²) in [6, 6.07) is 6.61. The number of nitrogens with zero attached hydrogens (tertiary/aromatic N) is 1. The van der Waals surface area contributed by atoms with Crippen molar-refractivity contribution in [2.24, 2.45) is 0 Å². The molecule has 130 valence electrons. The molecule has 1 aromatic heterocycles. The maximum Gasteiger partial charge on any atom is 0.423 e. The number of aliphatic hydroxyl groups is 1. The molecule has 0 aliphatic carbocycles. The van der Waals surface area contributed by atoms with Gasteiger partial charge in [-0.25, -0.2) is 0 Å². The molecule has 0 radical (unpaired) electrons. The highest BCUT2D eigenvalue weighted by Crippen LogP contribution is 2.38. The number of halogens is 3. The van der Waals surface area contributed by atoms with Crippen LogP contribution in [0.1, 0.15) is 34.3 Å². The number of benzene rings is 1. The number of carbonyl (C=O) groups excluding carboxylic acids is 1. The monoisotopic (exact) mass is 342 g/mol. The third-order valence-corrected chi connectivity index (χ3v) is 3.71. The molecule has 0 aliphatic rings. The first-order valence-corrected chi connectivity index (χ1v) is 7.28. The van der Waals surface area contributed by atoms with Gasteiger partial charge in [0.25, 0.3) is 5.91 Å². The van der Waals surface area contributed by atoms with Gasteiger partial charge in [-0.05, 0) is 12.5 Å². The number of hydrogen-bond donors (Lipinski definition) is 2. The van der Waals surface area contributed by atoms with Crippen molar-refractivity contribution in [2.45, 2.75) is 32.0 Å². The number of amides is 1. The van der Waals surface area contributed by atoms with Crippen LogP contribution >= 0.6 is 0 Å². The van der Waals surface area contributed by atoms with Crippen LogP contribution in [0.2, 0.25) is 0 Å². The summed E-state index contributed by atoms with van der Waals surface area (Å²) in [6.07, 6.45) is -4.59. The standard InChI is InChI=1S/C16H17F3N2O3/c1-3-12-13(10(2)21-24-12)14(22)20-9-15(23,16(17,18)19)11-7-5-4-6-8-11/h4-8,23H,3,9H2,1-2H3,(H,20,22)/t15-/m0/s1. The highest BCUT2D eigenvalue weighted by molar-refractivity contribution is 5.96. The van der Waals surface area contributed by atoms with Crippen LogP contribution in [0.15, 0.2) is 34.9 Å². The lowest BCUT2D eigenvalue weighted by atomic mass is 9.93. The molecule has 0 saturated carbocycles. The quantitative estimate of drug-likeness (QED) is 0.876. The summed E-state index contributed by atoms with van der Waals surface area (Å²) in [4.78, 5) is 12.2. The Kier molecular flexibility index (Phi) is 4.98. The number of rotatable bonds is 5. The van der Waals surface area contributed by atoms with Gasteiger partial charge in [-0.2, -0.15) is 13.2 Å². The third kappa shape index (κ3) is 3.28. The van der Waals surface area contributed by atoms with Crippen molar-refractivity contribution in [3.63, 3.8) is 0 Å². The number of alkyl halides is 3. The van der Waals surface area contributed by atoms with Crippen LogP contribution in [-0.2, 0) is 12.0 Å². The molecule has 1 heterocycles. The molecular weight excluding hydrogens is 325 g/mol. The minimum atomic E-state index is -4.96. The van der Waals surface area contributed by atoms with Crippen LogP contribution in [0.4, 0.5) is 13.2 Å². The molecule has 8 heteroatoms. The second-order valence-corrected chi connectivity index (χ2v) is 5.33. The van der Waals surface area contributed by atoms with Gasteiger partial charge in [0.2, 0.25) is 5.60 Å². The third-order valence-electron chi connectivity index (χ3n) is 3.71. The molecule has 1 amide bonds. The summed E-state index contributed by atoms with van der Waals surface area (Å²) in [5.74, 6) is -0.496. The summed E-state index contributed by atoms with van der Waals surface area (Å²) >= 11 is 0. The molecule has 0 saturated heterocycles. The Morgan fingerprint density at radius 1 is 1.29 bits per heavy atom. The lowest BCUT2D eigenvalue weighted by Crippen LogP contribution is -2.51. The van der Waals surface area contributed by atoms with E-state index >= 15 is 0 Å². The zero-order valence-corrected chi connectivity index (χ0v) is 13.1.